The molecular weight excluding hydrogens is 380 g/mol. The van der Waals surface area contributed by atoms with Crippen molar-refractivity contribution in [1.29, 1.82) is 5.26 Å². The van der Waals surface area contributed by atoms with E-state index in [1.165, 1.54) is 4.52 Å². The van der Waals surface area contributed by atoms with Gasteiger partial charge in [0.25, 0.3) is 0 Å². The number of benzene rings is 2. The maximum absolute atomic E-state index is 12.8. The molecule has 0 aliphatic rings. The summed E-state index contributed by atoms with van der Waals surface area (Å²) in [5, 5.41) is 17.2. The maximum Gasteiger partial charge on any atom is 0.345 e. The van der Waals surface area contributed by atoms with Crippen LogP contribution in [0.2, 0.25) is 0 Å². The number of carbonyl (C=O) groups is 1. The van der Waals surface area contributed by atoms with E-state index in [2.05, 4.69) is 21.5 Å². The lowest BCUT2D eigenvalue weighted by Gasteiger charge is -2.08. The van der Waals surface area contributed by atoms with Crippen LogP contribution in [0.3, 0.4) is 0 Å². The zero-order valence-electron chi connectivity index (χ0n) is 16.2. The molecule has 0 fully saturated rings. The second-order valence-corrected chi connectivity index (χ2v) is 6.37. The molecule has 4 rings (SSSR count). The second-order valence-electron chi connectivity index (χ2n) is 6.37. The molecule has 2 aromatic heterocycles. The van der Waals surface area contributed by atoms with Gasteiger partial charge in [-0.1, -0.05) is 48.5 Å². The third kappa shape index (κ3) is 3.29. The predicted octanol–water partition coefficient (Wildman–Crippen LogP) is 3.77. The van der Waals surface area contributed by atoms with Crippen molar-refractivity contribution in [2.45, 2.75) is 6.92 Å². The Bertz CT molecular complexity index is 1260. The number of carbonyl (C=O) groups excluding carboxylic acids is 1. The summed E-state index contributed by atoms with van der Waals surface area (Å²) in [6.07, 6.45) is 0. The van der Waals surface area contributed by atoms with E-state index in [1.54, 1.807) is 6.92 Å². The van der Waals surface area contributed by atoms with Crippen molar-refractivity contribution in [3.8, 4) is 17.3 Å². The average Bonchev–Trinajstić information content (AvgIpc) is 3.13. The highest BCUT2D eigenvalue weighted by Crippen LogP contribution is 2.31. The van der Waals surface area contributed by atoms with Crippen LogP contribution in [0.1, 0.15) is 22.8 Å². The lowest BCUT2D eigenvalue weighted by Crippen LogP contribution is -2.09. The molecule has 0 atom stereocenters. The molecule has 8 heteroatoms. The zero-order chi connectivity index (χ0) is 21.1. The minimum Gasteiger partial charge on any atom is -0.462 e. The Balaban J connectivity index is 1.99. The minimum atomic E-state index is -0.582. The van der Waals surface area contributed by atoms with Gasteiger partial charge in [-0.05, 0) is 19.1 Å². The van der Waals surface area contributed by atoms with Gasteiger partial charge in [0.15, 0.2) is 11.5 Å². The Kier molecular flexibility index (Phi) is 5.01. The van der Waals surface area contributed by atoms with Gasteiger partial charge in [-0.2, -0.15) is 9.78 Å². The fourth-order valence-corrected chi connectivity index (χ4v) is 3.12. The summed E-state index contributed by atoms with van der Waals surface area (Å²) in [6, 6.07) is 20.6. The standard InChI is InChI=1S/C22H18N6O2/c1-2-30-22(29)17-20(25-15-11-7-4-8-12-15)27-28-19(24)16(13-23)18(26-21(17)28)14-9-5-3-6-10-14/h3-12H,2,24H2,1H3,(H,25,27). The molecule has 2 heterocycles. The van der Waals surface area contributed by atoms with Crippen LogP contribution < -0.4 is 11.1 Å². The Hall–Kier alpha value is -4.38. The van der Waals surface area contributed by atoms with Crippen LogP contribution >= 0.6 is 0 Å². The Morgan fingerprint density at radius 3 is 2.47 bits per heavy atom. The van der Waals surface area contributed by atoms with Crippen molar-refractivity contribution in [2.24, 2.45) is 0 Å². The molecule has 8 nitrogen and oxygen atoms in total. The summed E-state index contributed by atoms with van der Waals surface area (Å²) in [6.45, 7) is 1.91. The first-order valence-corrected chi connectivity index (χ1v) is 9.31. The number of rotatable bonds is 5. The molecule has 2 aromatic carbocycles. The number of nitrogens with one attached hydrogen (secondary N) is 1. The van der Waals surface area contributed by atoms with E-state index in [9.17, 15) is 10.1 Å². The highest BCUT2D eigenvalue weighted by molar-refractivity contribution is 6.02. The lowest BCUT2D eigenvalue weighted by molar-refractivity contribution is 0.0529. The van der Waals surface area contributed by atoms with E-state index in [4.69, 9.17) is 10.5 Å². The van der Waals surface area contributed by atoms with Crippen LogP contribution in [-0.2, 0) is 4.74 Å². The molecule has 4 aromatic rings. The van der Waals surface area contributed by atoms with Gasteiger partial charge in [-0.25, -0.2) is 9.78 Å². The molecule has 0 saturated heterocycles. The molecule has 0 amide bonds. The topological polar surface area (TPSA) is 118 Å². The number of nitrogen functional groups attached to an aromatic ring is 1. The number of nitrogens with two attached hydrogens (primary N) is 1. The molecule has 0 bridgehead atoms. The number of aromatic nitrogens is 3. The van der Waals surface area contributed by atoms with E-state index < -0.39 is 5.97 Å². The summed E-state index contributed by atoms with van der Waals surface area (Å²) in [7, 11) is 0. The number of ether oxygens (including phenoxy) is 1. The quantitative estimate of drug-likeness (QED) is 0.491. The van der Waals surface area contributed by atoms with Crippen LogP contribution in [0.25, 0.3) is 16.9 Å². The van der Waals surface area contributed by atoms with Crippen LogP contribution in [-0.4, -0.2) is 27.2 Å². The first-order chi connectivity index (χ1) is 14.6. The largest absolute Gasteiger partial charge is 0.462 e. The summed E-state index contributed by atoms with van der Waals surface area (Å²) in [5.74, 6) is -0.248. The van der Waals surface area contributed by atoms with Crippen molar-refractivity contribution >= 4 is 28.9 Å². The van der Waals surface area contributed by atoms with Gasteiger partial charge in [-0.15, -0.1) is 5.10 Å². The maximum atomic E-state index is 12.8. The second kappa shape index (κ2) is 7.93. The number of esters is 1. The van der Waals surface area contributed by atoms with E-state index >= 15 is 0 Å². The predicted molar refractivity (Wildman–Crippen MR) is 113 cm³/mol. The third-order valence-electron chi connectivity index (χ3n) is 4.47. The monoisotopic (exact) mass is 398 g/mol. The fraction of sp³-hybridized carbons (Fsp3) is 0.0909. The van der Waals surface area contributed by atoms with Crippen LogP contribution in [0.5, 0.6) is 0 Å². The summed E-state index contributed by atoms with van der Waals surface area (Å²) >= 11 is 0. The molecule has 0 unspecified atom stereocenters. The molecule has 30 heavy (non-hydrogen) atoms. The molecule has 0 aliphatic heterocycles. The molecular formula is C22H18N6O2. The van der Waals surface area contributed by atoms with Gasteiger partial charge < -0.3 is 15.8 Å². The first-order valence-electron chi connectivity index (χ1n) is 9.31. The average molecular weight is 398 g/mol. The van der Waals surface area contributed by atoms with Gasteiger partial charge in [-0.3, -0.25) is 0 Å². The number of para-hydroxylation sites is 1. The SMILES string of the molecule is CCOC(=O)c1c(Nc2ccccc2)nn2c(N)c(C#N)c(-c3ccccc3)nc12. The lowest BCUT2D eigenvalue weighted by atomic mass is 10.1. The van der Waals surface area contributed by atoms with Crippen LogP contribution in [0.4, 0.5) is 17.3 Å². The van der Waals surface area contributed by atoms with Crippen LogP contribution in [0.15, 0.2) is 60.7 Å². The van der Waals surface area contributed by atoms with E-state index in [-0.39, 0.29) is 35.0 Å². The summed E-state index contributed by atoms with van der Waals surface area (Å²) in [5.41, 5.74) is 8.62. The summed E-state index contributed by atoms with van der Waals surface area (Å²) in [4.78, 5) is 17.4. The van der Waals surface area contributed by atoms with Crippen molar-refractivity contribution < 1.29 is 9.53 Å². The fourth-order valence-electron chi connectivity index (χ4n) is 3.12. The molecule has 0 radical (unpaired) electrons. The van der Waals surface area contributed by atoms with Crippen LogP contribution in [0, 0.1) is 11.3 Å². The highest BCUT2D eigenvalue weighted by atomic mass is 16.5. The number of nitrogens with zero attached hydrogens (tertiary/aromatic N) is 4. The van der Waals surface area contributed by atoms with Gasteiger partial charge in [0.1, 0.15) is 23.0 Å². The first kappa shape index (κ1) is 19.0. The third-order valence-corrected chi connectivity index (χ3v) is 4.47. The molecule has 148 valence electrons. The Morgan fingerprint density at radius 2 is 1.83 bits per heavy atom. The number of hydrogen-bond donors (Lipinski definition) is 2. The minimum absolute atomic E-state index is 0.0908. The molecule has 0 saturated carbocycles. The number of nitriles is 1. The van der Waals surface area contributed by atoms with Gasteiger partial charge in [0.05, 0.1) is 12.3 Å². The normalized spacial score (nSPS) is 10.5. The Morgan fingerprint density at radius 1 is 1.17 bits per heavy atom. The van der Waals surface area contributed by atoms with E-state index in [0.29, 0.717) is 11.3 Å². The van der Waals surface area contributed by atoms with E-state index in [1.807, 2.05) is 60.7 Å². The smallest absolute Gasteiger partial charge is 0.345 e. The van der Waals surface area contributed by atoms with Crippen molar-refractivity contribution in [3.05, 3.63) is 71.8 Å². The van der Waals surface area contributed by atoms with Crippen molar-refractivity contribution in [3.63, 3.8) is 0 Å². The molecule has 0 spiro atoms. The molecule has 0 aliphatic carbocycles. The Labute approximate surface area is 172 Å². The van der Waals surface area contributed by atoms with Crippen molar-refractivity contribution in [2.75, 3.05) is 17.7 Å². The molecule has 3 N–H and O–H groups in total. The number of fused-ring (bicyclic) bond motifs is 1. The number of anilines is 3. The summed E-state index contributed by atoms with van der Waals surface area (Å²) < 4.78 is 6.53. The highest BCUT2D eigenvalue weighted by Gasteiger charge is 2.26. The van der Waals surface area contributed by atoms with E-state index in [0.717, 1.165) is 5.69 Å². The number of hydrogen-bond acceptors (Lipinski definition) is 7. The van der Waals surface area contributed by atoms with Gasteiger partial charge in [0.2, 0.25) is 0 Å². The zero-order valence-corrected chi connectivity index (χ0v) is 16.2. The van der Waals surface area contributed by atoms with Gasteiger partial charge in [0, 0.05) is 11.3 Å². The van der Waals surface area contributed by atoms with Crippen molar-refractivity contribution in [1.82, 2.24) is 14.6 Å². The van der Waals surface area contributed by atoms with Gasteiger partial charge >= 0.3 is 5.97 Å².